The Morgan fingerprint density at radius 1 is 1.69 bits per heavy atom. The molecule has 1 rings (SSSR count). The minimum atomic E-state index is -0.644. The Labute approximate surface area is 76.8 Å². The third kappa shape index (κ3) is 1.70. The molecule has 4 heteroatoms. The van der Waals surface area contributed by atoms with Gasteiger partial charge in [0.1, 0.15) is 11.4 Å². The van der Waals surface area contributed by atoms with Gasteiger partial charge in [0, 0.05) is 6.20 Å². The number of aromatic nitrogens is 1. The second-order valence-electron chi connectivity index (χ2n) is 3.20. The molecule has 1 amide bonds. The first kappa shape index (κ1) is 9.33. The van der Waals surface area contributed by atoms with Gasteiger partial charge in [0.25, 0.3) is 0 Å². The van der Waals surface area contributed by atoms with E-state index in [-0.39, 0.29) is 0 Å². The number of nitrogens with one attached hydrogen (secondary N) is 1. The van der Waals surface area contributed by atoms with Crippen LogP contribution in [0.25, 0.3) is 0 Å². The Morgan fingerprint density at radius 3 is 2.92 bits per heavy atom. The van der Waals surface area contributed by atoms with Gasteiger partial charge >= 0.3 is 0 Å². The molecule has 0 saturated carbocycles. The van der Waals surface area contributed by atoms with E-state index >= 15 is 0 Å². The fourth-order valence-corrected chi connectivity index (χ4v) is 1.10. The average Bonchev–Trinajstić information content (AvgIpc) is 2.54. The lowest BCUT2D eigenvalue weighted by atomic mass is 10.1. The van der Waals surface area contributed by atoms with E-state index in [1.807, 2.05) is 0 Å². The van der Waals surface area contributed by atoms with Crippen LogP contribution in [-0.2, 0) is 10.3 Å². The Hall–Kier alpha value is -1.76. The molecule has 1 aromatic heterocycles. The van der Waals surface area contributed by atoms with Crippen molar-refractivity contribution in [2.45, 2.75) is 19.4 Å². The molecule has 4 nitrogen and oxygen atoms in total. The Morgan fingerprint density at radius 2 is 2.38 bits per heavy atom. The summed E-state index contributed by atoms with van der Waals surface area (Å²) in [4.78, 5) is 10.2. The zero-order chi connectivity index (χ0) is 9.90. The molecule has 68 valence electrons. The lowest BCUT2D eigenvalue weighted by Crippen LogP contribution is -2.24. The van der Waals surface area contributed by atoms with E-state index in [0.29, 0.717) is 12.2 Å². The normalized spacial score (nSPS) is 10.5. The lowest BCUT2D eigenvalue weighted by molar-refractivity contribution is -0.105. The quantitative estimate of drug-likeness (QED) is 0.708. The van der Waals surface area contributed by atoms with E-state index in [1.54, 1.807) is 36.7 Å². The Kier molecular flexibility index (Phi) is 2.38. The highest BCUT2D eigenvalue weighted by Crippen LogP contribution is 2.20. The number of nitriles is 1. The largest absolute Gasteiger partial charge is 0.316 e. The fourth-order valence-electron chi connectivity index (χ4n) is 1.10. The van der Waals surface area contributed by atoms with Crippen LogP contribution in [0.15, 0.2) is 18.3 Å². The van der Waals surface area contributed by atoms with Crippen LogP contribution >= 0.6 is 0 Å². The second-order valence-corrected chi connectivity index (χ2v) is 3.20. The third-order valence-corrected chi connectivity index (χ3v) is 1.83. The van der Waals surface area contributed by atoms with Gasteiger partial charge in [-0.15, -0.1) is 0 Å². The molecule has 0 aliphatic heterocycles. The summed E-state index contributed by atoms with van der Waals surface area (Å²) in [6, 6.07) is 5.68. The summed E-state index contributed by atoms with van der Waals surface area (Å²) in [5.74, 6) is 0.626. The van der Waals surface area contributed by atoms with E-state index in [0.717, 1.165) is 0 Å². The lowest BCUT2D eigenvalue weighted by Gasteiger charge is -2.20. The van der Waals surface area contributed by atoms with Gasteiger partial charge in [-0.05, 0) is 26.0 Å². The monoisotopic (exact) mass is 177 g/mol. The molecule has 0 atom stereocenters. The molecule has 1 aromatic rings. The number of anilines is 1. The van der Waals surface area contributed by atoms with Gasteiger partial charge in [-0.25, -0.2) is 0 Å². The van der Waals surface area contributed by atoms with Gasteiger partial charge in [-0.2, -0.15) is 5.26 Å². The van der Waals surface area contributed by atoms with Crippen molar-refractivity contribution in [1.29, 1.82) is 5.26 Å². The Balaban J connectivity index is 3.08. The van der Waals surface area contributed by atoms with Gasteiger partial charge in [0.05, 0.1) is 6.07 Å². The average molecular weight is 177 g/mol. The van der Waals surface area contributed by atoms with E-state index in [2.05, 4.69) is 11.4 Å². The number of amides is 1. The smallest absolute Gasteiger partial charge is 0.212 e. The SMILES string of the molecule is CC(C)(C#N)n1cccc1NC=O. The summed E-state index contributed by atoms with van der Waals surface area (Å²) in [5.41, 5.74) is -0.644. The molecule has 0 unspecified atom stereocenters. The molecule has 0 radical (unpaired) electrons. The van der Waals surface area contributed by atoms with Gasteiger partial charge in [0.15, 0.2) is 0 Å². The molecule has 1 N–H and O–H groups in total. The van der Waals surface area contributed by atoms with Gasteiger partial charge in [-0.3, -0.25) is 4.79 Å². The van der Waals surface area contributed by atoms with Crippen LogP contribution in [0.5, 0.6) is 0 Å². The van der Waals surface area contributed by atoms with Crippen LogP contribution in [0.4, 0.5) is 5.82 Å². The molecule has 0 saturated heterocycles. The van der Waals surface area contributed by atoms with E-state index in [1.165, 1.54) is 0 Å². The fraction of sp³-hybridized carbons (Fsp3) is 0.333. The second kappa shape index (κ2) is 3.31. The third-order valence-electron chi connectivity index (χ3n) is 1.83. The molecule has 0 fully saturated rings. The summed E-state index contributed by atoms with van der Waals surface area (Å²) in [5, 5.41) is 11.4. The number of carbonyl (C=O) groups excluding carboxylic acids is 1. The first-order valence-electron chi connectivity index (χ1n) is 3.91. The van der Waals surface area contributed by atoms with E-state index in [9.17, 15) is 4.79 Å². The molecule has 0 aliphatic rings. The highest BCUT2D eigenvalue weighted by Gasteiger charge is 2.20. The van der Waals surface area contributed by atoms with Crippen molar-refractivity contribution in [3.05, 3.63) is 18.3 Å². The summed E-state index contributed by atoms with van der Waals surface area (Å²) in [6.45, 7) is 3.56. The maximum Gasteiger partial charge on any atom is 0.212 e. The van der Waals surface area contributed by atoms with Crippen molar-refractivity contribution in [1.82, 2.24) is 4.57 Å². The van der Waals surface area contributed by atoms with Gasteiger partial charge in [0.2, 0.25) is 6.41 Å². The number of hydrogen-bond donors (Lipinski definition) is 1. The first-order chi connectivity index (χ1) is 6.11. The van der Waals surface area contributed by atoms with Crippen LogP contribution < -0.4 is 5.32 Å². The van der Waals surface area contributed by atoms with Crippen LogP contribution in [0.3, 0.4) is 0 Å². The summed E-state index contributed by atoms with van der Waals surface area (Å²) < 4.78 is 1.71. The number of nitrogens with zero attached hydrogens (tertiary/aromatic N) is 2. The predicted octanol–water partition coefficient (Wildman–Crippen LogP) is 1.32. The van der Waals surface area contributed by atoms with Gasteiger partial charge in [-0.1, -0.05) is 0 Å². The van der Waals surface area contributed by atoms with Crippen molar-refractivity contribution in [3.63, 3.8) is 0 Å². The molecular weight excluding hydrogens is 166 g/mol. The standard InChI is InChI=1S/C9H11N3O/c1-9(2,6-10)12-5-3-4-8(12)11-7-13/h3-5,7H,1-2H3,(H,11,13). The van der Waals surface area contributed by atoms with Gasteiger partial charge < -0.3 is 9.88 Å². The summed E-state index contributed by atoms with van der Waals surface area (Å²) >= 11 is 0. The molecule has 0 bridgehead atoms. The predicted molar refractivity (Wildman–Crippen MR) is 49.1 cm³/mol. The summed E-state index contributed by atoms with van der Waals surface area (Å²) in [7, 11) is 0. The number of carbonyl (C=O) groups is 1. The Bertz CT molecular complexity index is 346. The van der Waals surface area contributed by atoms with Crippen molar-refractivity contribution < 1.29 is 4.79 Å². The molecule has 0 spiro atoms. The first-order valence-corrected chi connectivity index (χ1v) is 3.91. The topological polar surface area (TPSA) is 57.8 Å². The zero-order valence-corrected chi connectivity index (χ0v) is 7.61. The molecule has 13 heavy (non-hydrogen) atoms. The van der Waals surface area contributed by atoms with Crippen molar-refractivity contribution >= 4 is 12.2 Å². The highest BCUT2D eigenvalue weighted by atomic mass is 16.1. The number of hydrogen-bond acceptors (Lipinski definition) is 2. The van der Waals surface area contributed by atoms with Crippen molar-refractivity contribution in [2.24, 2.45) is 0 Å². The molecular formula is C9H11N3O. The molecule has 1 heterocycles. The van der Waals surface area contributed by atoms with Crippen LogP contribution in [0.2, 0.25) is 0 Å². The minimum absolute atomic E-state index is 0.597. The minimum Gasteiger partial charge on any atom is -0.316 e. The van der Waals surface area contributed by atoms with Crippen LogP contribution in [-0.4, -0.2) is 11.0 Å². The van der Waals surface area contributed by atoms with Crippen molar-refractivity contribution in [2.75, 3.05) is 5.32 Å². The maximum atomic E-state index is 10.2. The molecule has 0 aliphatic carbocycles. The zero-order valence-electron chi connectivity index (χ0n) is 7.61. The van der Waals surface area contributed by atoms with Crippen molar-refractivity contribution in [3.8, 4) is 6.07 Å². The summed E-state index contributed by atoms with van der Waals surface area (Å²) in [6.07, 6.45) is 2.36. The van der Waals surface area contributed by atoms with E-state index < -0.39 is 5.54 Å². The maximum absolute atomic E-state index is 10.2. The highest BCUT2D eigenvalue weighted by molar-refractivity contribution is 5.69. The van der Waals surface area contributed by atoms with Crippen LogP contribution in [0.1, 0.15) is 13.8 Å². The molecule has 0 aromatic carbocycles. The van der Waals surface area contributed by atoms with E-state index in [4.69, 9.17) is 5.26 Å². The van der Waals surface area contributed by atoms with Crippen LogP contribution in [0, 0.1) is 11.3 Å². The number of rotatable bonds is 3.